The van der Waals surface area contributed by atoms with Gasteiger partial charge < -0.3 is 10.6 Å². The summed E-state index contributed by atoms with van der Waals surface area (Å²) < 4.78 is 0. The molecule has 2 saturated heterocycles. The van der Waals surface area contributed by atoms with Crippen LogP contribution < -0.4 is 10.6 Å². The van der Waals surface area contributed by atoms with E-state index in [0.29, 0.717) is 0 Å². The van der Waals surface area contributed by atoms with E-state index < -0.39 is 0 Å². The highest BCUT2D eigenvalue weighted by Gasteiger charge is 2.21. The summed E-state index contributed by atoms with van der Waals surface area (Å²) in [5, 5.41) is 7.07. The van der Waals surface area contributed by atoms with E-state index in [1.165, 1.54) is 38.9 Å². The molecule has 0 saturated carbocycles. The van der Waals surface area contributed by atoms with Gasteiger partial charge in [0.1, 0.15) is 0 Å². The van der Waals surface area contributed by atoms with Crippen LogP contribution in [0.1, 0.15) is 19.3 Å². The van der Waals surface area contributed by atoms with Crippen molar-refractivity contribution in [3.63, 3.8) is 0 Å². The van der Waals surface area contributed by atoms with Gasteiger partial charge in [0.25, 0.3) is 0 Å². The van der Waals surface area contributed by atoms with Crippen LogP contribution in [0, 0.1) is 5.92 Å². The zero-order valence-electron chi connectivity index (χ0n) is 6.40. The van der Waals surface area contributed by atoms with E-state index in [1.54, 1.807) is 0 Å². The molecule has 0 radical (unpaired) electrons. The topological polar surface area (TPSA) is 24.1 Å². The van der Waals surface area contributed by atoms with Gasteiger partial charge in [-0.25, -0.2) is 0 Å². The SMILES string of the molecule is C1C[C@@H]2CNC[C@H](C1)NC2. The zero-order chi connectivity index (χ0) is 6.81. The second-order valence-corrected chi connectivity index (χ2v) is 3.56. The van der Waals surface area contributed by atoms with Gasteiger partial charge in [-0.15, -0.1) is 0 Å². The summed E-state index contributed by atoms with van der Waals surface area (Å²) in [6.07, 6.45) is 4.24. The number of nitrogens with one attached hydrogen (secondary N) is 2. The maximum atomic E-state index is 3.58. The molecule has 2 bridgehead atoms. The van der Waals surface area contributed by atoms with Crippen LogP contribution >= 0.6 is 0 Å². The minimum absolute atomic E-state index is 0.771. The number of fused-ring (bicyclic) bond motifs is 3. The van der Waals surface area contributed by atoms with Crippen LogP contribution in [0.2, 0.25) is 0 Å². The lowest BCUT2D eigenvalue weighted by atomic mass is 10.0. The van der Waals surface area contributed by atoms with Crippen molar-refractivity contribution in [2.75, 3.05) is 19.6 Å². The first kappa shape index (κ1) is 6.62. The Morgan fingerprint density at radius 3 is 3.00 bits per heavy atom. The van der Waals surface area contributed by atoms with Crippen molar-refractivity contribution in [2.24, 2.45) is 5.92 Å². The fraction of sp³-hybridized carbons (Fsp3) is 1.00. The molecular weight excluding hydrogens is 124 g/mol. The van der Waals surface area contributed by atoms with Crippen LogP contribution in [-0.2, 0) is 0 Å². The van der Waals surface area contributed by atoms with Crippen LogP contribution in [-0.4, -0.2) is 25.7 Å². The lowest BCUT2D eigenvalue weighted by Crippen LogP contribution is -2.34. The van der Waals surface area contributed by atoms with E-state index in [-0.39, 0.29) is 0 Å². The Balaban J connectivity index is 2.01. The second-order valence-electron chi connectivity index (χ2n) is 3.56. The molecule has 2 aliphatic heterocycles. The summed E-state index contributed by atoms with van der Waals surface area (Å²) in [5.74, 6) is 0.910. The smallest absolute Gasteiger partial charge is 0.0192 e. The van der Waals surface area contributed by atoms with Gasteiger partial charge in [-0.3, -0.25) is 0 Å². The third-order valence-electron chi connectivity index (χ3n) is 2.68. The summed E-state index contributed by atoms with van der Waals surface area (Å²) in [7, 11) is 0. The van der Waals surface area contributed by atoms with E-state index in [2.05, 4.69) is 10.6 Å². The molecular formula is C8H16N2. The molecule has 2 nitrogen and oxygen atoms in total. The highest BCUT2D eigenvalue weighted by molar-refractivity contribution is 4.82. The molecule has 0 aromatic heterocycles. The highest BCUT2D eigenvalue weighted by Crippen LogP contribution is 2.15. The van der Waals surface area contributed by atoms with Crippen LogP contribution in [0.15, 0.2) is 0 Å². The van der Waals surface area contributed by atoms with Crippen molar-refractivity contribution in [2.45, 2.75) is 25.3 Å². The van der Waals surface area contributed by atoms with E-state index in [0.717, 1.165) is 12.0 Å². The van der Waals surface area contributed by atoms with E-state index in [9.17, 15) is 0 Å². The lowest BCUT2D eigenvalue weighted by molar-refractivity contribution is 0.444. The molecule has 0 aromatic rings. The van der Waals surface area contributed by atoms with Crippen molar-refractivity contribution in [1.82, 2.24) is 10.6 Å². The van der Waals surface area contributed by atoms with Gasteiger partial charge in [-0.1, -0.05) is 6.42 Å². The Kier molecular flexibility index (Phi) is 1.91. The van der Waals surface area contributed by atoms with Crippen molar-refractivity contribution in [3.8, 4) is 0 Å². The van der Waals surface area contributed by atoms with Gasteiger partial charge >= 0.3 is 0 Å². The fourth-order valence-corrected chi connectivity index (χ4v) is 2.00. The summed E-state index contributed by atoms with van der Waals surface area (Å²) in [4.78, 5) is 0. The van der Waals surface area contributed by atoms with Crippen LogP contribution in [0.5, 0.6) is 0 Å². The Bertz CT molecular complexity index is 91.8. The predicted octanol–water partition coefficient (Wildman–Crippen LogP) is 0.348. The molecule has 2 rings (SSSR count). The fourth-order valence-electron chi connectivity index (χ4n) is 2.00. The molecule has 2 N–H and O–H groups in total. The summed E-state index contributed by atoms with van der Waals surface area (Å²) in [6, 6.07) is 0.771. The second kappa shape index (κ2) is 2.89. The maximum Gasteiger partial charge on any atom is 0.0192 e. The van der Waals surface area contributed by atoms with Crippen LogP contribution in [0.4, 0.5) is 0 Å². The van der Waals surface area contributed by atoms with Crippen LogP contribution in [0.25, 0.3) is 0 Å². The highest BCUT2D eigenvalue weighted by atomic mass is 15.0. The van der Waals surface area contributed by atoms with Crippen molar-refractivity contribution < 1.29 is 0 Å². The third-order valence-corrected chi connectivity index (χ3v) is 2.68. The molecule has 0 unspecified atom stereocenters. The Morgan fingerprint density at radius 2 is 2.00 bits per heavy atom. The molecule has 0 aromatic carbocycles. The van der Waals surface area contributed by atoms with Crippen molar-refractivity contribution in [1.29, 1.82) is 0 Å². The minimum atomic E-state index is 0.771. The number of rotatable bonds is 0. The monoisotopic (exact) mass is 140 g/mol. The Labute approximate surface area is 62.4 Å². The molecule has 0 spiro atoms. The summed E-state index contributed by atoms with van der Waals surface area (Å²) in [6.45, 7) is 3.68. The average Bonchev–Trinajstić information content (AvgIpc) is 2.17. The summed E-state index contributed by atoms with van der Waals surface area (Å²) in [5.41, 5.74) is 0. The average molecular weight is 140 g/mol. The van der Waals surface area contributed by atoms with Crippen molar-refractivity contribution in [3.05, 3.63) is 0 Å². The number of hydrogen-bond acceptors (Lipinski definition) is 2. The van der Waals surface area contributed by atoms with Gasteiger partial charge in [0.15, 0.2) is 0 Å². The van der Waals surface area contributed by atoms with Gasteiger partial charge in [0.2, 0.25) is 0 Å². The van der Waals surface area contributed by atoms with E-state index in [1.807, 2.05) is 0 Å². The Hall–Kier alpha value is -0.0800. The molecule has 2 heterocycles. The van der Waals surface area contributed by atoms with Crippen molar-refractivity contribution >= 4 is 0 Å². The molecule has 0 amide bonds. The van der Waals surface area contributed by atoms with Gasteiger partial charge in [0.05, 0.1) is 0 Å². The predicted molar refractivity (Wildman–Crippen MR) is 42.0 cm³/mol. The van der Waals surface area contributed by atoms with Gasteiger partial charge in [-0.2, -0.15) is 0 Å². The van der Waals surface area contributed by atoms with Gasteiger partial charge in [-0.05, 0) is 31.8 Å². The van der Waals surface area contributed by atoms with E-state index >= 15 is 0 Å². The Morgan fingerprint density at radius 1 is 1.00 bits per heavy atom. The molecule has 58 valence electrons. The lowest BCUT2D eigenvalue weighted by Gasteiger charge is -2.15. The largest absolute Gasteiger partial charge is 0.315 e. The standard InChI is InChI=1S/C8H16N2/c1-2-7-4-9-6-8(3-1)10-5-7/h7-10H,1-6H2/t7-,8+/m1/s1. The first-order valence-electron chi connectivity index (χ1n) is 4.39. The molecule has 2 fully saturated rings. The number of hydrogen-bond donors (Lipinski definition) is 2. The molecule has 2 atom stereocenters. The molecule has 2 heteroatoms. The zero-order valence-corrected chi connectivity index (χ0v) is 6.40. The molecule has 10 heavy (non-hydrogen) atoms. The maximum absolute atomic E-state index is 3.58. The first-order valence-corrected chi connectivity index (χ1v) is 4.39. The normalized spacial score (nSPS) is 40.8. The van der Waals surface area contributed by atoms with E-state index in [4.69, 9.17) is 0 Å². The minimum Gasteiger partial charge on any atom is -0.315 e. The molecule has 2 aliphatic rings. The first-order chi connectivity index (χ1) is 4.95. The molecule has 0 aliphatic carbocycles. The summed E-state index contributed by atoms with van der Waals surface area (Å²) >= 11 is 0. The van der Waals surface area contributed by atoms with Crippen LogP contribution in [0.3, 0.4) is 0 Å². The quantitative estimate of drug-likeness (QED) is 0.507. The van der Waals surface area contributed by atoms with Gasteiger partial charge in [0, 0.05) is 12.6 Å². The third kappa shape index (κ3) is 1.32.